The molecule has 2 nitrogen and oxygen atoms in total. The van der Waals surface area contributed by atoms with Crippen molar-refractivity contribution in [2.45, 2.75) is 59.8 Å². The smallest absolute Gasteiger partial charge is 0.309 e. The highest BCUT2D eigenvalue weighted by Crippen LogP contribution is 2.49. The Morgan fingerprint density at radius 2 is 1.73 bits per heavy atom. The molecule has 15 heavy (non-hydrogen) atoms. The maximum atomic E-state index is 11.5. The van der Waals surface area contributed by atoms with E-state index in [4.69, 9.17) is 0 Å². The summed E-state index contributed by atoms with van der Waals surface area (Å²) in [6, 6.07) is 0. The fourth-order valence-electron chi connectivity index (χ4n) is 2.68. The third-order valence-electron chi connectivity index (χ3n) is 4.48. The van der Waals surface area contributed by atoms with E-state index in [2.05, 4.69) is 27.7 Å². The van der Waals surface area contributed by atoms with Crippen LogP contribution in [-0.2, 0) is 4.79 Å². The average molecular weight is 212 g/mol. The van der Waals surface area contributed by atoms with Crippen LogP contribution < -0.4 is 0 Å². The second kappa shape index (κ2) is 4.15. The minimum absolute atomic E-state index is 0.297. The van der Waals surface area contributed by atoms with Crippen LogP contribution >= 0.6 is 0 Å². The largest absolute Gasteiger partial charge is 0.481 e. The van der Waals surface area contributed by atoms with Gasteiger partial charge in [0, 0.05) is 0 Å². The van der Waals surface area contributed by atoms with Gasteiger partial charge in [0.1, 0.15) is 0 Å². The number of carboxylic acids is 1. The first-order chi connectivity index (χ1) is 6.84. The van der Waals surface area contributed by atoms with Crippen LogP contribution in [0.3, 0.4) is 0 Å². The van der Waals surface area contributed by atoms with Crippen LogP contribution in [0.5, 0.6) is 0 Å². The zero-order valence-electron chi connectivity index (χ0n) is 10.5. The van der Waals surface area contributed by atoms with Gasteiger partial charge in [-0.1, -0.05) is 34.1 Å². The Morgan fingerprint density at radius 3 is 2.07 bits per heavy atom. The molecule has 1 atom stereocenters. The Kier molecular flexibility index (Phi) is 3.47. The van der Waals surface area contributed by atoms with E-state index in [1.54, 1.807) is 0 Å². The lowest BCUT2D eigenvalue weighted by molar-refractivity contribution is -0.156. The molecule has 1 N–H and O–H groups in total. The molecule has 2 heteroatoms. The third-order valence-corrected chi connectivity index (χ3v) is 4.48. The van der Waals surface area contributed by atoms with Crippen molar-refractivity contribution in [1.29, 1.82) is 0 Å². The molecule has 0 aliphatic heterocycles. The highest BCUT2D eigenvalue weighted by molar-refractivity contribution is 5.75. The van der Waals surface area contributed by atoms with E-state index >= 15 is 0 Å². The van der Waals surface area contributed by atoms with Gasteiger partial charge in [-0.05, 0) is 37.0 Å². The quantitative estimate of drug-likeness (QED) is 0.774. The molecule has 1 aliphatic rings. The molecule has 1 aliphatic carbocycles. The SMILES string of the molecule is CCC(C)C1(C(=O)O)CCC(C)(C)CC1. The molecule has 1 saturated carbocycles. The number of hydrogen-bond donors (Lipinski definition) is 1. The van der Waals surface area contributed by atoms with E-state index in [-0.39, 0.29) is 0 Å². The maximum absolute atomic E-state index is 11.5. The molecule has 0 aromatic carbocycles. The van der Waals surface area contributed by atoms with Crippen molar-refractivity contribution in [2.75, 3.05) is 0 Å². The highest BCUT2D eigenvalue weighted by atomic mass is 16.4. The summed E-state index contributed by atoms with van der Waals surface area (Å²) < 4.78 is 0. The molecule has 0 aromatic rings. The topological polar surface area (TPSA) is 37.3 Å². The van der Waals surface area contributed by atoms with Gasteiger partial charge in [0.25, 0.3) is 0 Å². The fourth-order valence-corrected chi connectivity index (χ4v) is 2.68. The summed E-state index contributed by atoms with van der Waals surface area (Å²) >= 11 is 0. The summed E-state index contributed by atoms with van der Waals surface area (Å²) in [7, 11) is 0. The number of carbonyl (C=O) groups is 1. The molecular weight excluding hydrogens is 188 g/mol. The first-order valence-electron chi connectivity index (χ1n) is 6.07. The summed E-state index contributed by atoms with van der Waals surface area (Å²) in [5.74, 6) is -0.279. The van der Waals surface area contributed by atoms with Crippen LogP contribution in [0.25, 0.3) is 0 Å². The van der Waals surface area contributed by atoms with E-state index in [9.17, 15) is 9.90 Å². The zero-order valence-corrected chi connectivity index (χ0v) is 10.5. The summed E-state index contributed by atoms with van der Waals surface area (Å²) in [6.07, 6.45) is 4.76. The molecule has 0 radical (unpaired) electrons. The molecule has 0 heterocycles. The van der Waals surface area contributed by atoms with Gasteiger partial charge in [0.05, 0.1) is 5.41 Å². The Morgan fingerprint density at radius 1 is 1.27 bits per heavy atom. The number of carboxylic acid groups (broad SMARTS) is 1. The van der Waals surface area contributed by atoms with Gasteiger partial charge < -0.3 is 5.11 Å². The van der Waals surface area contributed by atoms with Crippen molar-refractivity contribution < 1.29 is 9.90 Å². The van der Waals surface area contributed by atoms with Crippen molar-refractivity contribution in [3.8, 4) is 0 Å². The van der Waals surface area contributed by atoms with Crippen molar-refractivity contribution >= 4 is 5.97 Å². The number of hydrogen-bond acceptors (Lipinski definition) is 1. The van der Waals surface area contributed by atoms with Crippen molar-refractivity contribution in [2.24, 2.45) is 16.7 Å². The predicted octanol–water partition coefficient (Wildman–Crippen LogP) is 3.70. The predicted molar refractivity (Wildman–Crippen MR) is 61.8 cm³/mol. The van der Waals surface area contributed by atoms with Crippen LogP contribution in [0.15, 0.2) is 0 Å². The van der Waals surface area contributed by atoms with Crippen LogP contribution in [0.1, 0.15) is 59.8 Å². The highest BCUT2D eigenvalue weighted by Gasteiger charge is 2.46. The van der Waals surface area contributed by atoms with E-state index < -0.39 is 11.4 Å². The molecule has 1 unspecified atom stereocenters. The fraction of sp³-hybridized carbons (Fsp3) is 0.923. The first kappa shape index (κ1) is 12.5. The second-order valence-corrected chi connectivity index (χ2v) is 5.93. The van der Waals surface area contributed by atoms with Gasteiger partial charge in [0.15, 0.2) is 0 Å². The first-order valence-corrected chi connectivity index (χ1v) is 6.07. The second-order valence-electron chi connectivity index (χ2n) is 5.93. The minimum Gasteiger partial charge on any atom is -0.481 e. The van der Waals surface area contributed by atoms with Crippen LogP contribution in [0, 0.1) is 16.7 Å². The molecule has 0 bridgehead atoms. The lowest BCUT2D eigenvalue weighted by Gasteiger charge is -2.44. The number of rotatable bonds is 3. The van der Waals surface area contributed by atoms with Gasteiger partial charge in [-0.25, -0.2) is 0 Å². The monoisotopic (exact) mass is 212 g/mol. The summed E-state index contributed by atoms with van der Waals surface area (Å²) in [5, 5.41) is 9.46. The van der Waals surface area contributed by atoms with Crippen LogP contribution in [0.4, 0.5) is 0 Å². The van der Waals surface area contributed by atoms with Gasteiger partial charge in [-0.3, -0.25) is 4.79 Å². The van der Waals surface area contributed by atoms with E-state index in [0.717, 1.165) is 32.1 Å². The van der Waals surface area contributed by atoms with E-state index in [1.165, 1.54) is 0 Å². The van der Waals surface area contributed by atoms with Crippen LogP contribution in [0.2, 0.25) is 0 Å². The molecule has 0 aromatic heterocycles. The van der Waals surface area contributed by atoms with E-state index in [0.29, 0.717) is 11.3 Å². The summed E-state index contributed by atoms with van der Waals surface area (Å²) in [5.41, 5.74) is -0.101. The average Bonchev–Trinajstić information content (AvgIpc) is 2.17. The standard InChI is InChI=1S/C13H24O2/c1-5-10(2)13(11(14)15)8-6-12(3,4)7-9-13/h10H,5-9H2,1-4H3,(H,14,15). The minimum atomic E-state index is -0.577. The normalized spacial score (nSPS) is 25.9. The molecule has 1 fully saturated rings. The number of aliphatic carboxylic acids is 1. The molecular formula is C13H24O2. The Balaban J connectivity index is 2.83. The Labute approximate surface area is 93.1 Å². The van der Waals surface area contributed by atoms with Gasteiger partial charge >= 0.3 is 5.97 Å². The third kappa shape index (κ3) is 2.35. The zero-order chi connectivity index (χ0) is 11.7. The summed E-state index contributed by atoms with van der Waals surface area (Å²) in [4.78, 5) is 11.5. The maximum Gasteiger partial charge on any atom is 0.309 e. The van der Waals surface area contributed by atoms with Crippen molar-refractivity contribution in [3.63, 3.8) is 0 Å². The molecule has 0 amide bonds. The summed E-state index contributed by atoms with van der Waals surface area (Å²) in [6.45, 7) is 8.67. The van der Waals surface area contributed by atoms with Crippen LogP contribution in [-0.4, -0.2) is 11.1 Å². The van der Waals surface area contributed by atoms with Gasteiger partial charge in [-0.15, -0.1) is 0 Å². The molecule has 0 spiro atoms. The Hall–Kier alpha value is -0.530. The van der Waals surface area contributed by atoms with Gasteiger partial charge in [0.2, 0.25) is 0 Å². The lowest BCUT2D eigenvalue weighted by atomic mass is 9.60. The van der Waals surface area contributed by atoms with Crippen molar-refractivity contribution in [3.05, 3.63) is 0 Å². The lowest BCUT2D eigenvalue weighted by Crippen LogP contribution is -2.42. The van der Waals surface area contributed by atoms with E-state index in [1.807, 2.05) is 0 Å². The van der Waals surface area contributed by atoms with Gasteiger partial charge in [-0.2, -0.15) is 0 Å². The van der Waals surface area contributed by atoms with Crippen molar-refractivity contribution in [1.82, 2.24) is 0 Å². The molecule has 1 rings (SSSR count). The molecule has 0 saturated heterocycles. The Bertz CT molecular complexity index is 233. The molecule has 88 valence electrons.